The van der Waals surface area contributed by atoms with Crippen molar-refractivity contribution in [3.63, 3.8) is 0 Å². The number of nitrogens with two attached hydrogens (primary N) is 1. The molecular formula is C16H23N3. The van der Waals surface area contributed by atoms with Gasteiger partial charge in [0.05, 0.1) is 0 Å². The Labute approximate surface area is 115 Å². The van der Waals surface area contributed by atoms with Crippen LogP contribution in [-0.2, 0) is 0 Å². The van der Waals surface area contributed by atoms with E-state index in [1.165, 1.54) is 23.9 Å². The van der Waals surface area contributed by atoms with Crippen LogP contribution in [0, 0.1) is 6.92 Å². The lowest BCUT2D eigenvalue weighted by Crippen LogP contribution is -2.24. The fourth-order valence-corrected chi connectivity index (χ4v) is 2.42. The van der Waals surface area contributed by atoms with Crippen LogP contribution in [0.2, 0.25) is 0 Å². The third-order valence-electron chi connectivity index (χ3n) is 3.55. The molecule has 0 unspecified atom stereocenters. The molecule has 0 spiro atoms. The molecule has 0 atom stereocenters. The van der Waals surface area contributed by atoms with Gasteiger partial charge in [0.2, 0.25) is 0 Å². The van der Waals surface area contributed by atoms with Crippen molar-refractivity contribution >= 4 is 22.1 Å². The van der Waals surface area contributed by atoms with E-state index in [1.807, 2.05) is 19.2 Å². The molecule has 19 heavy (non-hydrogen) atoms. The second-order valence-electron chi connectivity index (χ2n) is 4.98. The summed E-state index contributed by atoms with van der Waals surface area (Å²) in [5.41, 5.74) is 9.16. The maximum atomic E-state index is 6.06. The number of aryl methyl sites for hydroxylation is 1. The molecule has 1 aromatic carbocycles. The highest BCUT2D eigenvalue weighted by atomic mass is 15.1. The van der Waals surface area contributed by atoms with Crippen molar-refractivity contribution in [2.24, 2.45) is 0 Å². The fraction of sp³-hybridized carbons (Fsp3) is 0.438. The highest BCUT2D eigenvalue weighted by Crippen LogP contribution is 2.31. The number of rotatable bonds is 5. The van der Waals surface area contributed by atoms with Gasteiger partial charge in [-0.25, -0.2) is 0 Å². The maximum Gasteiger partial charge on any atom is 0.0448 e. The Balaban J connectivity index is 2.52. The molecule has 1 heterocycles. The van der Waals surface area contributed by atoms with E-state index in [4.69, 9.17) is 5.73 Å². The molecule has 0 amide bonds. The summed E-state index contributed by atoms with van der Waals surface area (Å²) in [6, 6.07) is 6.26. The molecule has 0 fully saturated rings. The number of benzene rings is 1. The molecule has 2 rings (SSSR count). The zero-order chi connectivity index (χ0) is 13.8. The van der Waals surface area contributed by atoms with Crippen LogP contribution in [0.25, 0.3) is 10.8 Å². The van der Waals surface area contributed by atoms with Gasteiger partial charge in [-0.1, -0.05) is 13.3 Å². The Morgan fingerprint density at radius 2 is 2.00 bits per heavy atom. The Hall–Kier alpha value is -1.77. The molecule has 0 aliphatic carbocycles. The van der Waals surface area contributed by atoms with Crippen LogP contribution in [0.15, 0.2) is 24.4 Å². The standard InChI is InChI=1S/C16H23N3/c1-4-6-9-19(5-2)16-8-7-15(17)14-11-18-12(3)10-13(14)16/h7-8,10-11H,4-6,9,17H2,1-3H3. The topological polar surface area (TPSA) is 42.1 Å². The van der Waals surface area contributed by atoms with Gasteiger partial charge in [0, 0.05) is 47.1 Å². The van der Waals surface area contributed by atoms with Crippen molar-refractivity contribution in [1.29, 1.82) is 0 Å². The minimum absolute atomic E-state index is 0.804. The lowest BCUT2D eigenvalue weighted by molar-refractivity contribution is 0.734. The SMILES string of the molecule is CCCCN(CC)c1ccc(N)c2cnc(C)cc12. The molecule has 0 aliphatic heterocycles. The molecule has 3 nitrogen and oxygen atoms in total. The average Bonchev–Trinajstić information content (AvgIpc) is 2.41. The van der Waals surface area contributed by atoms with Crippen LogP contribution in [0.1, 0.15) is 32.4 Å². The Bertz CT molecular complexity index is 563. The summed E-state index contributed by atoms with van der Waals surface area (Å²) in [5.74, 6) is 0. The van der Waals surface area contributed by atoms with Crippen LogP contribution < -0.4 is 10.6 Å². The summed E-state index contributed by atoms with van der Waals surface area (Å²) in [5, 5.41) is 2.27. The molecule has 0 aliphatic rings. The Morgan fingerprint density at radius 1 is 1.21 bits per heavy atom. The molecule has 0 saturated heterocycles. The highest BCUT2D eigenvalue weighted by Gasteiger charge is 2.10. The van der Waals surface area contributed by atoms with Crippen LogP contribution in [0.5, 0.6) is 0 Å². The third-order valence-corrected chi connectivity index (χ3v) is 3.55. The van der Waals surface area contributed by atoms with Gasteiger partial charge in [-0.2, -0.15) is 0 Å². The fourth-order valence-electron chi connectivity index (χ4n) is 2.42. The largest absolute Gasteiger partial charge is 0.398 e. The van der Waals surface area contributed by atoms with Crippen molar-refractivity contribution in [3.8, 4) is 0 Å². The molecule has 0 radical (unpaired) electrons. The minimum Gasteiger partial charge on any atom is -0.398 e. The van der Waals surface area contributed by atoms with Gasteiger partial charge < -0.3 is 10.6 Å². The number of hydrogen-bond acceptors (Lipinski definition) is 3. The molecule has 2 aromatic rings. The molecule has 3 heteroatoms. The van der Waals surface area contributed by atoms with Crippen LogP contribution in [0.3, 0.4) is 0 Å². The number of pyridine rings is 1. The maximum absolute atomic E-state index is 6.06. The first-order chi connectivity index (χ1) is 9.17. The number of nitrogens with zero attached hydrogens (tertiary/aromatic N) is 2. The zero-order valence-corrected chi connectivity index (χ0v) is 12.1. The number of unbranched alkanes of at least 4 members (excludes halogenated alkanes) is 1. The summed E-state index contributed by atoms with van der Waals surface area (Å²) < 4.78 is 0. The lowest BCUT2D eigenvalue weighted by atomic mass is 10.1. The van der Waals surface area contributed by atoms with Gasteiger partial charge in [0.15, 0.2) is 0 Å². The second kappa shape index (κ2) is 5.91. The summed E-state index contributed by atoms with van der Waals surface area (Å²) in [6.07, 6.45) is 4.31. The number of nitrogen functional groups attached to an aromatic ring is 1. The summed E-state index contributed by atoms with van der Waals surface area (Å²) in [4.78, 5) is 6.78. The van der Waals surface area contributed by atoms with Gasteiger partial charge in [-0.15, -0.1) is 0 Å². The predicted octanol–water partition coefficient (Wildman–Crippen LogP) is 3.75. The monoisotopic (exact) mass is 257 g/mol. The lowest BCUT2D eigenvalue weighted by Gasteiger charge is -2.25. The van der Waals surface area contributed by atoms with Gasteiger partial charge in [0.25, 0.3) is 0 Å². The number of anilines is 2. The smallest absolute Gasteiger partial charge is 0.0448 e. The van der Waals surface area contributed by atoms with E-state index in [9.17, 15) is 0 Å². The summed E-state index contributed by atoms with van der Waals surface area (Å²) in [7, 11) is 0. The van der Waals surface area contributed by atoms with Gasteiger partial charge in [-0.3, -0.25) is 4.98 Å². The zero-order valence-electron chi connectivity index (χ0n) is 12.1. The summed E-state index contributed by atoms with van der Waals surface area (Å²) >= 11 is 0. The van der Waals surface area contributed by atoms with Crippen molar-refractivity contribution in [2.75, 3.05) is 23.7 Å². The van der Waals surface area contributed by atoms with Crippen molar-refractivity contribution in [3.05, 3.63) is 30.1 Å². The predicted molar refractivity (Wildman–Crippen MR) is 83.7 cm³/mol. The van der Waals surface area contributed by atoms with E-state index in [-0.39, 0.29) is 0 Å². The highest BCUT2D eigenvalue weighted by molar-refractivity contribution is 6.01. The van der Waals surface area contributed by atoms with E-state index in [1.54, 1.807) is 0 Å². The van der Waals surface area contributed by atoms with E-state index in [0.717, 1.165) is 29.9 Å². The number of hydrogen-bond donors (Lipinski definition) is 1. The summed E-state index contributed by atoms with van der Waals surface area (Å²) in [6.45, 7) is 8.55. The van der Waals surface area contributed by atoms with Crippen molar-refractivity contribution in [2.45, 2.75) is 33.6 Å². The molecular weight excluding hydrogens is 234 g/mol. The van der Waals surface area contributed by atoms with Crippen LogP contribution >= 0.6 is 0 Å². The quantitative estimate of drug-likeness (QED) is 0.829. The second-order valence-corrected chi connectivity index (χ2v) is 4.98. The van der Waals surface area contributed by atoms with Gasteiger partial charge in [0.1, 0.15) is 0 Å². The van der Waals surface area contributed by atoms with Crippen LogP contribution in [0.4, 0.5) is 11.4 Å². The number of fused-ring (bicyclic) bond motifs is 1. The minimum atomic E-state index is 0.804. The molecule has 102 valence electrons. The Kier molecular flexibility index (Phi) is 4.25. The number of aromatic nitrogens is 1. The van der Waals surface area contributed by atoms with E-state index < -0.39 is 0 Å². The van der Waals surface area contributed by atoms with E-state index in [0.29, 0.717) is 0 Å². The first kappa shape index (κ1) is 13.7. The molecule has 2 N–H and O–H groups in total. The third kappa shape index (κ3) is 2.80. The van der Waals surface area contributed by atoms with Gasteiger partial charge >= 0.3 is 0 Å². The first-order valence-electron chi connectivity index (χ1n) is 7.07. The van der Waals surface area contributed by atoms with Gasteiger partial charge in [-0.05, 0) is 38.5 Å². The first-order valence-corrected chi connectivity index (χ1v) is 7.07. The molecule has 1 aromatic heterocycles. The normalized spacial score (nSPS) is 10.9. The molecule has 0 saturated carbocycles. The van der Waals surface area contributed by atoms with Crippen molar-refractivity contribution < 1.29 is 0 Å². The average molecular weight is 257 g/mol. The van der Waals surface area contributed by atoms with Crippen LogP contribution in [-0.4, -0.2) is 18.1 Å². The van der Waals surface area contributed by atoms with E-state index >= 15 is 0 Å². The molecule has 0 bridgehead atoms. The van der Waals surface area contributed by atoms with Crippen molar-refractivity contribution in [1.82, 2.24) is 4.98 Å². The Morgan fingerprint density at radius 3 is 2.68 bits per heavy atom. The van der Waals surface area contributed by atoms with E-state index in [2.05, 4.69) is 35.9 Å².